The van der Waals surface area contributed by atoms with Crippen molar-refractivity contribution in [3.8, 4) is 33.5 Å². The molecule has 2 heterocycles. The molecule has 3 aromatic carbocycles. The van der Waals surface area contributed by atoms with E-state index < -0.39 is 7.12 Å². The summed E-state index contributed by atoms with van der Waals surface area (Å²) in [6, 6.07) is 31.6. The second-order valence-electron chi connectivity index (χ2n) is 9.59. The third-order valence-corrected chi connectivity index (χ3v) is 6.75. The molecule has 0 bridgehead atoms. The van der Waals surface area contributed by atoms with Crippen LogP contribution in [0.1, 0.15) is 27.7 Å². The number of hydrogen-bond donors (Lipinski definition) is 0. The molecule has 4 heteroatoms. The van der Waals surface area contributed by atoms with Crippen molar-refractivity contribution in [1.29, 1.82) is 0 Å². The Morgan fingerprint density at radius 2 is 1.06 bits per heavy atom. The maximum atomic E-state index is 6.28. The van der Waals surface area contributed by atoms with Gasteiger partial charge < -0.3 is 9.31 Å². The fourth-order valence-corrected chi connectivity index (χ4v) is 4.10. The van der Waals surface area contributed by atoms with Crippen LogP contribution < -0.4 is 5.46 Å². The normalized spacial score (nSPS) is 16.7. The Bertz CT molecular complexity index is 1200. The quantitative estimate of drug-likeness (QED) is 0.350. The lowest BCUT2D eigenvalue weighted by Gasteiger charge is -2.32. The number of benzene rings is 3. The van der Waals surface area contributed by atoms with E-state index in [-0.39, 0.29) is 11.2 Å². The highest BCUT2D eigenvalue weighted by atomic mass is 16.7. The molecule has 1 aromatic heterocycles. The summed E-state index contributed by atoms with van der Waals surface area (Å²) >= 11 is 0. The van der Waals surface area contributed by atoms with E-state index in [9.17, 15) is 0 Å². The number of pyridine rings is 1. The molecule has 164 valence electrons. The number of nitrogens with zero attached hydrogens (tertiary/aromatic N) is 1. The molecule has 33 heavy (non-hydrogen) atoms. The van der Waals surface area contributed by atoms with Crippen LogP contribution in [0.4, 0.5) is 0 Å². The van der Waals surface area contributed by atoms with Crippen LogP contribution in [0.5, 0.6) is 0 Å². The molecular weight excluding hydrogens is 405 g/mol. The van der Waals surface area contributed by atoms with Gasteiger partial charge in [-0.25, -0.2) is 0 Å². The Balaban J connectivity index is 1.59. The first-order valence-electron chi connectivity index (χ1n) is 11.4. The van der Waals surface area contributed by atoms with Crippen molar-refractivity contribution in [2.45, 2.75) is 38.9 Å². The smallest absolute Gasteiger partial charge is 0.399 e. The van der Waals surface area contributed by atoms with Crippen LogP contribution in [0.15, 0.2) is 97.2 Å². The molecule has 0 unspecified atom stereocenters. The second-order valence-corrected chi connectivity index (χ2v) is 9.59. The van der Waals surface area contributed by atoms with Gasteiger partial charge >= 0.3 is 7.12 Å². The number of hydrogen-bond acceptors (Lipinski definition) is 3. The first-order chi connectivity index (χ1) is 15.8. The van der Waals surface area contributed by atoms with Gasteiger partial charge in [-0.3, -0.25) is 4.98 Å². The van der Waals surface area contributed by atoms with Crippen LogP contribution in [-0.2, 0) is 9.31 Å². The maximum absolute atomic E-state index is 6.28. The predicted octanol–water partition coefficient (Wildman–Crippen LogP) is 6.38. The lowest BCUT2D eigenvalue weighted by atomic mass is 9.79. The van der Waals surface area contributed by atoms with Gasteiger partial charge in [-0.1, -0.05) is 60.7 Å². The minimum Gasteiger partial charge on any atom is -0.399 e. The van der Waals surface area contributed by atoms with Crippen molar-refractivity contribution in [2.75, 3.05) is 0 Å². The van der Waals surface area contributed by atoms with Crippen molar-refractivity contribution in [2.24, 2.45) is 0 Å². The Hall–Kier alpha value is -3.21. The second kappa shape index (κ2) is 8.29. The van der Waals surface area contributed by atoms with Crippen LogP contribution in [0.3, 0.4) is 0 Å². The zero-order chi connectivity index (χ0) is 23.1. The first-order valence-corrected chi connectivity index (χ1v) is 11.4. The van der Waals surface area contributed by atoms with Gasteiger partial charge in [0.15, 0.2) is 0 Å². The number of aromatic nitrogens is 1. The minimum absolute atomic E-state index is 0.380. The van der Waals surface area contributed by atoms with E-state index in [1.165, 1.54) is 11.1 Å². The highest BCUT2D eigenvalue weighted by Gasteiger charge is 2.51. The lowest BCUT2D eigenvalue weighted by molar-refractivity contribution is 0.00578. The summed E-state index contributed by atoms with van der Waals surface area (Å²) in [6.45, 7) is 8.30. The van der Waals surface area contributed by atoms with E-state index in [1.807, 2.05) is 24.4 Å². The third kappa shape index (κ3) is 4.24. The molecule has 4 aromatic rings. The van der Waals surface area contributed by atoms with Gasteiger partial charge in [-0.2, -0.15) is 0 Å². The zero-order valence-corrected chi connectivity index (χ0v) is 19.6. The van der Waals surface area contributed by atoms with E-state index in [2.05, 4.69) is 100 Å². The summed E-state index contributed by atoms with van der Waals surface area (Å²) in [5, 5.41) is 0. The third-order valence-electron chi connectivity index (χ3n) is 6.75. The summed E-state index contributed by atoms with van der Waals surface area (Å²) in [6.07, 6.45) is 1.84. The molecule has 1 fully saturated rings. The molecule has 0 N–H and O–H groups in total. The van der Waals surface area contributed by atoms with Gasteiger partial charge in [-0.15, -0.1) is 0 Å². The SMILES string of the molecule is CC1(C)OB(c2ccnc(-c3cc(-c4ccccc4)cc(-c4ccccc4)c3)c2)OC1(C)C. The topological polar surface area (TPSA) is 31.4 Å². The Morgan fingerprint density at radius 1 is 0.576 bits per heavy atom. The molecule has 0 radical (unpaired) electrons. The van der Waals surface area contributed by atoms with Gasteiger partial charge in [0.25, 0.3) is 0 Å². The summed E-state index contributed by atoms with van der Waals surface area (Å²) in [5.41, 5.74) is 6.86. The van der Waals surface area contributed by atoms with Crippen molar-refractivity contribution in [3.63, 3.8) is 0 Å². The van der Waals surface area contributed by atoms with Crippen LogP contribution in [0.2, 0.25) is 0 Å². The summed E-state index contributed by atoms with van der Waals surface area (Å²) in [7, 11) is -0.414. The molecule has 1 aliphatic rings. The highest BCUT2D eigenvalue weighted by molar-refractivity contribution is 6.62. The predicted molar refractivity (Wildman–Crippen MR) is 136 cm³/mol. The average molecular weight is 433 g/mol. The Labute approximate surface area is 196 Å². The monoisotopic (exact) mass is 433 g/mol. The summed E-state index contributed by atoms with van der Waals surface area (Å²) in [5.74, 6) is 0. The van der Waals surface area contributed by atoms with Crippen molar-refractivity contribution in [3.05, 3.63) is 97.2 Å². The highest BCUT2D eigenvalue weighted by Crippen LogP contribution is 2.37. The fourth-order valence-electron chi connectivity index (χ4n) is 4.10. The molecule has 1 aliphatic heterocycles. The molecular formula is C29H28BNO2. The van der Waals surface area contributed by atoms with Crippen LogP contribution in [0.25, 0.3) is 33.5 Å². The molecule has 0 saturated carbocycles. The van der Waals surface area contributed by atoms with Gasteiger partial charge in [-0.05, 0) is 85.7 Å². The minimum atomic E-state index is -0.414. The lowest BCUT2D eigenvalue weighted by Crippen LogP contribution is -2.41. The molecule has 0 spiro atoms. The van der Waals surface area contributed by atoms with Crippen molar-refractivity contribution >= 4 is 12.6 Å². The van der Waals surface area contributed by atoms with E-state index in [1.54, 1.807) is 0 Å². The van der Waals surface area contributed by atoms with Gasteiger partial charge in [0.05, 0.1) is 16.9 Å². The molecule has 5 rings (SSSR count). The summed E-state index contributed by atoms with van der Waals surface area (Å²) in [4.78, 5) is 4.71. The largest absolute Gasteiger partial charge is 0.494 e. The molecule has 0 atom stereocenters. The molecule has 1 saturated heterocycles. The Morgan fingerprint density at radius 3 is 1.58 bits per heavy atom. The van der Waals surface area contributed by atoms with Crippen molar-refractivity contribution < 1.29 is 9.31 Å². The fraction of sp³-hybridized carbons (Fsp3) is 0.207. The van der Waals surface area contributed by atoms with Gasteiger partial charge in [0.2, 0.25) is 0 Å². The molecule has 0 aliphatic carbocycles. The van der Waals surface area contributed by atoms with Gasteiger partial charge in [0, 0.05) is 11.8 Å². The van der Waals surface area contributed by atoms with E-state index in [4.69, 9.17) is 14.3 Å². The molecule has 0 amide bonds. The zero-order valence-electron chi connectivity index (χ0n) is 19.6. The average Bonchev–Trinajstić information content (AvgIpc) is 3.07. The molecule has 3 nitrogen and oxygen atoms in total. The van der Waals surface area contributed by atoms with Gasteiger partial charge in [0.1, 0.15) is 0 Å². The van der Waals surface area contributed by atoms with Crippen LogP contribution in [-0.4, -0.2) is 23.3 Å². The van der Waals surface area contributed by atoms with Crippen LogP contribution in [0, 0.1) is 0 Å². The number of rotatable bonds is 4. The first kappa shape index (κ1) is 21.6. The van der Waals surface area contributed by atoms with Crippen molar-refractivity contribution in [1.82, 2.24) is 4.98 Å². The Kier molecular flexibility index (Phi) is 5.44. The van der Waals surface area contributed by atoms with E-state index >= 15 is 0 Å². The summed E-state index contributed by atoms with van der Waals surface area (Å²) < 4.78 is 12.6. The van der Waals surface area contributed by atoms with E-state index in [0.29, 0.717) is 0 Å². The van der Waals surface area contributed by atoms with Crippen LogP contribution >= 0.6 is 0 Å². The standard InChI is InChI=1S/C29H28BNO2/c1-28(2)29(3,4)33-30(32-28)26-15-16-31-27(20-26)25-18-23(21-11-7-5-8-12-21)17-24(19-25)22-13-9-6-10-14-22/h5-20H,1-4H3. The van der Waals surface area contributed by atoms with E-state index in [0.717, 1.165) is 27.8 Å². The maximum Gasteiger partial charge on any atom is 0.494 e.